The molecule has 0 radical (unpaired) electrons. The molecule has 0 unspecified atom stereocenters. The van der Waals surface area contributed by atoms with E-state index in [1.807, 2.05) is 18.2 Å². The second kappa shape index (κ2) is 6.39. The zero-order valence-corrected chi connectivity index (χ0v) is 14.9. The van der Waals surface area contributed by atoms with Gasteiger partial charge in [0.15, 0.2) is 0 Å². The fraction of sp³-hybridized carbons (Fsp3) is 0. The predicted octanol–water partition coefficient (Wildman–Crippen LogP) is 5.88. The molecule has 0 spiro atoms. The van der Waals surface area contributed by atoms with Gasteiger partial charge >= 0.3 is 0 Å². The van der Waals surface area contributed by atoms with E-state index < -0.39 is 0 Å². The largest absolute Gasteiger partial charge is 0.320 e. The summed E-state index contributed by atoms with van der Waals surface area (Å²) in [6.45, 7) is 0. The lowest BCUT2D eigenvalue weighted by atomic mass is 10.2. The maximum Gasteiger partial charge on any atom is 0.255 e. The number of carbonyl (C=O) groups excluding carboxylic acids is 1. The molecule has 1 amide bonds. The van der Waals surface area contributed by atoms with Crippen molar-refractivity contribution in [3.05, 3.63) is 60.4 Å². The van der Waals surface area contributed by atoms with Crippen LogP contribution >= 0.6 is 59.4 Å². The molecule has 2 nitrogen and oxygen atoms in total. The molecular weight excluding hydrogens is 461 g/mol. The van der Waals surface area contributed by atoms with Gasteiger partial charge in [-0.2, -0.15) is 0 Å². The zero-order valence-electron chi connectivity index (χ0n) is 9.38. The molecule has 0 bridgehead atoms. The SMILES string of the molecule is O=C(Nc1c(Br)cccc1Br)c1ccc(Br)c(Cl)c1. The first-order chi connectivity index (χ1) is 8.99. The number of nitrogens with one attached hydrogen (secondary N) is 1. The smallest absolute Gasteiger partial charge is 0.255 e. The highest BCUT2D eigenvalue weighted by atomic mass is 79.9. The van der Waals surface area contributed by atoms with Crippen LogP contribution in [0.1, 0.15) is 10.4 Å². The number of para-hydroxylation sites is 1. The van der Waals surface area contributed by atoms with Gasteiger partial charge in [0.1, 0.15) is 0 Å². The number of hydrogen-bond donors (Lipinski definition) is 1. The van der Waals surface area contributed by atoms with Crippen LogP contribution in [0.2, 0.25) is 5.02 Å². The number of hydrogen-bond acceptors (Lipinski definition) is 1. The molecule has 0 atom stereocenters. The summed E-state index contributed by atoms with van der Waals surface area (Å²) in [4.78, 5) is 12.2. The number of rotatable bonds is 2. The molecule has 0 aliphatic carbocycles. The average Bonchev–Trinajstić information content (AvgIpc) is 2.37. The van der Waals surface area contributed by atoms with Crippen LogP contribution in [0.5, 0.6) is 0 Å². The molecule has 0 aliphatic heterocycles. The number of anilines is 1. The Morgan fingerprint density at radius 1 is 1.00 bits per heavy atom. The average molecular weight is 468 g/mol. The summed E-state index contributed by atoms with van der Waals surface area (Å²) in [5.41, 5.74) is 1.18. The minimum atomic E-state index is -0.220. The van der Waals surface area contributed by atoms with Crippen LogP contribution in [0.4, 0.5) is 5.69 Å². The van der Waals surface area contributed by atoms with Crippen molar-refractivity contribution in [1.29, 1.82) is 0 Å². The van der Waals surface area contributed by atoms with E-state index in [1.54, 1.807) is 18.2 Å². The molecule has 0 aromatic heterocycles. The van der Waals surface area contributed by atoms with E-state index in [-0.39, 0.29) is 5.91 Å². The van der Waals surface area contributed by atoms with Gasteiger partial charge in [0.2, 0.25) is 0 Å². The van der Waals surface area contributed by atoms with E-state index in [9.17, 15) is 4.79 Å². The topological polar surface area (TPSA) is 29.1 Å². The summed E-state index contributed by atoms with van der Waals surface area (Å²) >= 11 is 16.1. The predicted molar refractivity (Wildman–Crippen MR) is 88.9 cm³/mol. The Hall–Kier alpha value is -0.360. The van der Waals surface area contributed by atoms with Crippen LogP contribution in [0.3, 0.4) is 0 Å². The standard InChI is InChI=1S/C13H7Br3ClNO/c14-8-5-4-7(6-11(8)17)13(19)18-12-9(15)2-1-3-10(12)16/h1-6H,(H,18,19). The zero-order chi connectivity index (χ0) is 14.0. The molecule has 98 valence electrons. The van der Waals surface area contributed by atoms with Gasteiger partial charge in [0.25, 0.3) is 5.91 Å². The first kappa shape index (κ1) is 15.0. The van der Waals surface area contributed by atoms with E-state index in [4.69, 9.17) is 11.6 Å². The van der Waals surface area contributed by atoms with Gasteiger partial charge in [0.05, 0.1) is 10.7 Å². The molecule has 0 saturated carbocycles. The molecule has 19 heavy (non-hydrogen) atoms. The van der Waals surface area contributed by atoms with Crippen LogP contribution in [-0.4, -0.2) is 5.91 Å². The lowest BCUT2D eigenvalue weighted by Crippen LogP contribution is -2.12. The summed E-state index contributed by atoms with van der Waals surface area (Å²) in [7, 11) is 0. The first-order valence-electron chi connectivity index (χ1n) is 5.19. The maximum atomic E-state index is 12.2. The fourth-order valence-electron chi connectivity index (χ4n) is 1.44. The second-order valence-corrected chi connectivity index (χ2v) is 6.65. The van der Waals surface area contributed by atoms with Crippen molar-refractivity contribution in [2.24, 2.45) is 0 Å². The van der Waals surface area contributed by atoms with Gasteiger partial charge in [-0.15, -0.1) is 0 Å². The van der Waals surface area contributed by atoms with Crippen molar-refractivity contribution in [1.82, 2.24) is 0 Å². The van der Waals surface area contributed by atoms with Crippen LogP contribution in [-0.2, 0) is 0 Å². The van der Waals surface area contributed by atoms with E-state index in [0.717, 1.165) is 13.4 Å². The van der Waals surface area contributed by atoms with E-state index in [2.05, 4.69) is 53.1 Å². The molecular formula is C13H7Br3ClNO. The molecule has 6 heteroatoms. The van der Waals surface area contributed by atoms with Crippen molar-refractivity contribution in [2.45, 2.75) is 0 Å². The summed E-state index contributed by atoms with van der Waals surface area (Å²) in [6, 6.07) is 10.7. The van der Waals surface area contributed by atoms with Crippen LogP contribution in [0.15, 0.2) is 49.8 Å². The summed E-state index contributed by atoms with van der Waals surface area (Å²) in [5, 5.41) is 3.33. The molecule has 0 aliphatic rings. The van der Waals surface area contributed by atoms with E-state index in [1.165, 1.54) is 0 Å². The molecule has 0 heterocycles. The highest BCUT2D eigenvalue weighted by Crippen LogP contribution is 2.31. The molecule has 2 aromatic rings. The lowest BCUT2D eigenvalue weighted by Gasteiger charge is -2.10. The van der Waals surface area contributed by atoms with E-state index >= 15 is 0 Å². The van der Waals surface area contributed by atoms with Crippen molar-refractivity contribution >= 4 is 71.0 Å². The van der Waals surface area contributed by atoms with Crippen molar-refractivity contribution < 1.29 is 4.79 Å². The maximum absolute atomic E-state index is 12.2. The van der Waals surface area contributed by atoms with Gasteiger partial charge in [-0.05, 0) is 78.1 Å². The van der Waals surface area contributed by atoms with Crippen LogP contribution < -0.4 is 5.32 Å². The normalized spacial score (nSPS) is 10.3. The Kier molecular flexibility index (Phi) is 5.06. The Bertz CT molecular complexity index is 626. The van der Waals surface area contributed by atoms with Gasteiger partial charge in [-0.3, -0.25) is 4.79 Å². The van der Waals surface area contributed by atoms with Gasteiger partial charge in [-0.25, -0.2) is 0 Å². The summed E-state index contributed by atoms with van der Waals surface area (Å²) in [5.74, 6) is -0.220. The minimum absolute atomic E-state index is 0.220. The highest BCUT2D eigenvalue weighted by molar-refractivity contribution is 9.11. The fourth-order valence-corrected chi connectivity index (χ4v) is 3.06. The van der Waals surface area contributed by atoms with Crippen molar-refractivity contribution in [2.75, 3.05) is 5.32 Å². The van der Waals surface area contributed by atoms with Crippen LogP contribution in [0, 0.1) is 0 Å². The highest BCUT2D eigenvalue weighted by Gasteiger charge is 2.12. The molecule has 0 saturated heterocycles. The Labute approximate surface area is 140 Å². The monoisotopic (exact) mass is 465 g/mol. The minimum Gasteiger partial charge on any atom is -0.320 e. The molecule has 0 fully saturated rings. The second-order valence-electron chi connectivity index (χ2n) is 3.68. The number of halogens is 4. The Balaban J connectivity index is 2.28. The number of carbonyl (C=O) groups is 1. The number of benzene rings is 2. The number of amides is 1. The lowest BCUT2D eigenvalue weighted by molar-refractivity contribution is 0.102. The van der Waals surface area contributed by atoms with Crippen molar-refractivity contribution in [3.8, 4) is 0 Å². The van der Waals surface area contributed by atoms with E-state index in [0.29, 0.717) is 16.3 Å². The van der Waals surface area contributed by atoms with Crippen LogP contribution in [0.25, 0.3) is 0 Å². The van der Waals surface area contributed by atoms with Gasteiger partial charge in [0, 0.05) is 19.0 Å². The third-order valence-electron chi connectivity index (χ3n) is 2.38. The Morgan fingerprint density at radius 2 is 1.63 bits per heavy atom. The Morgan fingerprint density at radius 3 is 2.21 bits per heavy atom. The third-order valence-corrected chi connectivity index (χ3v) is 4.94. The quantitative estimate of drug-likeness (QED) is 0.586. The third kappa shape index (κ3) is 3.60. The first-order valence-corrected chi connectivity index (χ1v) is 7.95. The van der Waals surface area contributed by atoms with Gasteiger partial charge in [-0.1, -0.05) is 17.7 Å². The molecule has 2 aromatic carbocycles. The molecule has 2 rings (SSSR count). The van der Waals surface area contributed by atoms with Crippen molar-refractivity contribution in [3.63, 3.8) is 0 Å². The van der Waals surface area contributed by atoms with Gasteiger partial charge < -0.3 is 5.32 Å². The summed E-state index contributed by atoms with van der Waals surface area (Å²) < 4.78 is 2.37. The summed E-state index contributed by atoms with van der Waals surface area (Å²) in [6.07, 6.45) is 0. The molecule has 1 N–H and O–H groups in total.